The number of aromatic amines is 1. The maximum atomic E-state index is 12.3. The normalized spacial score (nSPS) is 13.8. The molecule has 1 aromatic carbocycles. The first-order chi connectivity index (χ1) is 10.3. The summed E-state index contributed by atoms with van der Waals surface area (Å²) in [5, 5.41) is 12.9. The Balaban J connectivity index is 2.29. The third-order valence-corrected chi connectivity index (χ3v) is 4.35. The molecule has 1 aromatic heterocycles. The number of hydrogen-bond acceptors (Lipinski definition) is 2. The minimum absolute atomic E-state index is 0.130. The second kappa shape index (κ2) is 6.22. The molecular weight excluding hydrogens is 280 g/mol. The molecule has 3 N–H and O–H groups in total. The van der Waals surface area contributed by atoms with Crippen LogP contribution in [0, 0.1) is 19.8 Å². The summed E-state index contributed by atoms with van der Waals surface area (Å²) in [5.74, 6) is -1.53. The minimum atomic E-state index is -1.01. The van der Waals surface area contributed by atoms with Crippen LogP contribution in [0.15, 0.2) is 18.2 Å². The molecular formula is C17H22N2O3. The summed E-state index contributed by atoms with van der Waals surface area (Å²) in [4.78, 5) is 26.7. The van der Waals surface area contributed by atoms with Gasteiger partial charge in [-0.2, -0.15) is 0 Å². The van der Waals surface area contributed by atoms with E-state index in [0.717, 1.165) is 22.0 Å². The number of nitrogens with one attached hydrogen (secondary N) is 2. The zero-order valence-corrected chi connectivity index (χ0v) is 13.4. The van der Waals surface area contributed by atoms with Gasteiger partial charge in [-0.1, -0.05) is 26.3 Å². The Kier molecular flexibility index (Phi) is 4.54. The molecule has 2 atom stereocenters. The quantitative estimate of drug-likeness (QED) is 0.794. The van der Waals surface area contributed by atoms with Crippen molar-refractivity contribution in [2.24, 2.45) is 5.92 Å². The maximum Gasteiger partial charge on any atom is 0.326 e. The van der Waals surface area contributed by atoms with Crippen molar-refractivity contribution in [2.75, 3.05) is 0 Å². The smallest absolute Gasteiger partial charge is 0.326 e. The van der Waals surface area contributed by atoms with Crippen molar-refractivity contribution in [3.63, 3.8) is 0 Å². The second-order valence-corrected chi connectivity index (χ2v) is 5.83. The van der Waals surface area contributed by atoms with Crippen molar-refractivity contribution in [1.29, 1.82) is 0 Å². The molecule has 5 heteroatoms. The number of carboxylic acids is 1. The molecule has 2 unspecified atom stereocenters. The van der Waals surface area contributed by atoms with Gasteiger partial charge >= 0.3 is 5.97 Å². The Hall–Kier alpha value is -2.30. The van der Waals surface area contributed by atoms with Crippen molar-refractivity contribution in [1.82, 2.24) is 10.3 Å². The van der Waals surface area contributed by atoms with Gasteiger partial charge in [-0.3, -0.25) is 4.79 Å². The van der Waals surface area contributed by atoms with Crippen LogP contribution in [0.2, 0.25) is 0 Å². The van der Waals surface area contributed by atoms with E-state index in [-0.39, 0.29) is 11.8 Å². The average Bonchev–Trinajstić information content (AvgIpc) is 2.92. The van der Waals surface area contributed by atoms with Gasteiger partial charge in [-0.15, -0.1) is 0 Å². The van der Waals surface area contributed by atoms with E-state index in [1.54, 1.807) is 6.07 Å². The highest BCUT2D eigenvalue weighted by Gasteiger charge is 2.26. The molecule has 2 rings (SSSR count). The monoisotopic (exact) mass is 302 g/mol. The number of benzene rings is 1. The molecule has 0 aliphatic heterocycles. The molecule has 118 valence electrons. The predicted octanol–water partition coefficient (Wildman–Crippen LogP) is 3.01. The van der Waals surface area contributed by atoms with Crippen molar-refractivity contribution >= 4 is 22.8 Å². The number of carbonyl (C=O) groups excluding carboxylic acids is 1. The van der Waals surface area contributed by atoms with E-state index < -0.39 is 12.0 Å². The molecule has 1 amide bonds. The van der Waals surface area contributed by atoms with Crippen LogP contribution in [0.1, 0.15) is 41.9 Å². The Labute approximate surface area is 129 Å². The minimum Gasteiger partial charge on any atom is -0.480 e. The first-order valence-corrected chi connectivity index (χ1v) is 7.47. The molecule has 0 spiro atoms. The van der Waals surface area contributed by atoms with Gasteiger partial charge in [0.15, 0.2) is 0 Å². The summed E-state index contributed by atoms with van der Waals surface area (Å²) >= 11 is 0. The lowest BCUT2D eigenvalue weighted by Crippen LogP contribution is -2.45. The van der Waals surface area contributed by atoms with E-state index >= 15 is 0 Å². The molecule has 2 aromatic rings. The first-order valence-electron chi connectivity index (χ1n) is 7.47. The van der Waals surface area contributed by atoms with Crippen LogP contribution in [0.4, 0.5) is 0 Å². The standard InChI is InChI=1S/C17H22N2O3/c1-5-9(2)15(17(21)22)19-16(20)14-8-12-11(4)10(3)6-7-13(12)18-14/h6-9,15,18H,5H2,1-4H3,(H,19,20)(H,21,22). The van der Waals surface area contributed by atoms with Gasteiger partial charge in [0.05, 0.1) is 0 Å². The van der Waals surface area contributed by atoms with Crippen LogP contribution in [0.3, 0.4) is 0 Å². The Morgan fingerprint density at radius 2 is 2.00 bits per heavy atom. The summed E-state index contributed by atoms with van der Waals surface area (Å²) < 4.78 is 0. The molecule has 0 fully saturated rings. The number of aromatic nitrogens is 1. The fourth-order valence-corrected chi connectivity index (χ4v) is 2.48. The van der Waals surface area contributed by atoms with Gasteiger partial charge in [0, 0.05) is 10.9 Å². The van der Waals surface area contributed by atoms with Gasteiger partial charge in [0.2, 0.25) is 0 Å². The number of fused-ring (bicyclic) bond motifs is 1. The van der Waals surface area contributed by atoms with Gasteiger partial charge in [0.1, 0.15) is 11.7 Å². The van der Waals surface area contributed by atoms with Gasteiger partial charge in [-0.05, 0) is 43.0 Å². The van der Waals surface area contributed by atoms with E-state index in [1.807, 2.05) is 39.8 Å². The maximum absolute atomic E-state index is 12.3. The number of H-pyrrole nitrogens is 1. The number of carbonyl (C=O) groups is 2. The highest BCUT2D eigenvalue weighted by Crippen LogP contribution is 2.22. The fourth-order valence-electron chi connectivity index (χ4n) is 2.48. The lowest BCUT2D eigenvalue weighted by atomic mass is 9.99. The van der Waals surface area contributed by atoms with Crippen LogP contribution in [0.25, 0.3) is 10.9 Å². The molecule has 0 saturated carbocycles. The fraction of sp³-hybridized carbons (Fsp3) is 0.412. The first kappa shape index (κ1) is 16.1. The predicted molar refractivity (Wildman–Crippen MR) is 86.1 cm³/mol. The topological polar surface area (TPSA) is 82.2 Å². The second-order valence-electron chi connectivity index (χ2n) is 5.83. The summed E-state index contributed by atoms with van der Waals surface area (Å²) in [6.07, 6.45) is 0.683. The highest BCUT2D eigenvalue weighted by atomic mass is 16.4. The van der Waals surface area contributed by atoms with Crippen LogP contribution in [-0.2, 0) is 4.79 Å². The zero-order chi connectivity index (χ0) is 16.4. The van der Waals surface area contributed by atoms with E-state index in [1.165, 1.54) is 0 Å². The van der Waals surface area contributed by atoms with E-state index in [4.69, 9.17) is 0 Å². The average molecular weight is 302 g/mol. The number of aliphatic carboxylic acids is 1. The van der Waals surface area contributed by atoms with Crippen molar-refractivity contribution in [2.45, 2.75) is 40.2 Å². The van der Waals surface area contributed by atoms with Crippen LogP contribution >= 0.6 is 0 Å². The number of amides is 1. The largest absolute Gasteiger partial charge is 0.480 e. The molecule has 0 bridgehead atoms. The van der Waals surface area contributed by atoms with E-state index in [2.05, 4.69) is 10.3 Å². The molecule has 0 aliphatic carbocycles. The Morgan fingerprint density at radius 1 is 1.32 bits per heavy atom. The number of rotatable bonds is 5. The molecule has 22 heavy (non-hydrogen) atoms. The lowest BCUT2D eigenvalue weighted by Gasteiger charge is -2.19. The molecule has 0 saturated heterocycles. The molecule has 5 nitrogen and oxygen atoms in total. The Morgan fingerprint density at radius 3 is 2.59 bits per heavy atom. The van der Waals surface area contributed by atoms with E-state index in [0.29, 0.717) is 12.1 Å². The zero-order valence-electron chi connectivity index (χ0n) is 13.4. The van der Waals surface area contributed by atoms with Crippen molar-refractivity contribution in [3.8, 4) is 0 Å². The summed E-state index contributed by atoms with van der Waals surface area (Å²) in [6.45, 7) is 7.75. The molecule has 0 aliphatic rings. The summed E-state index contributed by atoms with van der Waals surface area (Å²) in [6, 6.07) is 4.82. The van der Waals surface area contributed by atoms with Crippen LogP contribution < -0.4 is 5.32 Å². The SMILES string of the molecule is CCC(C)C(NC(=O)c1cc2c(C)c(C)ccc2[nH]1)C(=O)O. The third kappa shape index (κ3) is 2.98. The number of aryl methyl sites for hydroxylation is 2. The van der Waals surface area contributed by atoms with Crippen molar-refractivity contribution < 1.29 is 14.7 Å². The van der Waals surface area contributed by atoms with Gasteiger partial charge in [0.25, 0.3) is 5.91 Å². The Bertz CT molecular complexity index is 718. The highest BCUT2D eigenvalue weighted by molar-refractivity contribution is 6.00. The molecule has 1 heterocycles. The summed E-state index contributed by atoms with van der Waals surface area (Å²) in [5.41, 5.74) is 3.54. The third-order valence-electron chi connectivity index (χ3n) is 4.35. The van der Waals surface area contributed by atoms with E-state index in [9.17, 15) is 14.7 Å². The van der Waals surface area contributed by atoms with Gasteiger partial charge < -0.3 is 15.4 Å². The molecule has 0 radical (unpaired) electrons. The van der Waals surface area contributed by atoms with Gasteiger partial charge in [-0.25, -0.2) is 4.79 Å². The van der Waals surface area contributed by atoms with Crippen LogP contribution in [0.5, 0.6) is 0 Å². The van der Waals surface area contributed by atoms with Crippen LogP contribution in [-0.4, -0.2) is 28.0 Å². The number of carboxylic acid groups (broad SMARTS) is 1. The number of hydrogen-bond donors (Lipinski definition) is 3. The lowest BCUT2D eigenvalue weighted by molar-refractivity contribution is -0.140. The summed E-state index contributed by atoms with van der Waals surface area (Å²) in [7, 11) is 0. The van der Waals surface area contributed by atoms with Crippen molar-refractivity contribution in [3.05, 3.63) is 35.0 Å².